The standard InChI is InChI=1S/C25H27IN2O6/c26-15-8-13(10-28-4-2-1-3-5-28)21(30)19-14(15)7-11-6-12-9-16(29)20(25(27)34)24(33)18(12)22(31)17(11)23(19)32/h8,11-12,18,29-31H,1-7,9-10H2,(H2,27,34). The molecule has 3 atom stereocenters. The van der Waals surface area contributed by atoms with Gasteiger partial charge in [-0.2, -0.15) is 0 Å². The van der Waals surface area contributed by atoms with E-state index in [9.17, 15) is 29.7 Å². The number of nitrogens with two attached hydrogens (primary N) is 1. The van der Waals surface area contributed by atoms with Crippen molar-refractivity contribution in [2.75, 3.05) is 13.1 Å². The Morgan fingerprint density at radius 1 is 1.12 bits per heavy atom. The lowest BCUT2D eigenvalue weighted by molar-refractivity contribution is -0.126. The van der Waals surface area contributed by atoms with E-state index in [1.54, 1.807) is 0 Å². The minimum Gasteiger partial charge on any atom is -0.511 e. The third-order valence-corrected chi connectivity index (χ3v) is 8.72. The van der Waals surface area contributed by atoms with Crippen LogP contribution in [-0.4, -0.2) is 50.8 Å². The van der Waals surface area contributed by atoms with Gasteiger partial charge >= 0.3 is 0 Å². The number of aliphatic hydroxyl groups is 2. The normalized spacial score (nSPS) is 27.4. The number of phenolic OH excluding ortho intramolecular Hbond substituents is 1. The maximum Gasteiger partial charge on any atom is 0.255 e. The Kier molecular flexibility index (Phi) is 5.96. The highest BCUT2D eigenvalue weighted by Crippen LogP contribution is 2.50. The average Bonchev–Trinajstić information content (AvgIpc) is 2.77. The molecule has 1 aromatic rings. The third kappa shape index (κ3) is 3.64. The number of halogens is 1. The maximum atomic E-state index is 13.7. The molecule has 8 nitrogen and oxygen atoms in total. The summed E-state index contributed by atoms with van der Waals surface area (Å²) < 4.78 is 0.893. The molecule has 180 valence electrons. The number of carbonyl (C=O) groups is 3. The Morgan fingerprint density at radius 2 is 1.82 bits per heavy atom. The molecule has 4 aliphatic rings. The fourth-order valence-electron chi connectivity index (χ4n) is 6.19. The number of fused-ring (bicyclic) bond motifs is 3. The minimum absolute atomic E-state index is 0.0423. The number of hydrogen-bond acceptors (Lipinski definition) is 7. The van der Waals surface area contributed by atoms with Crippen molar-refractivity contribution < 1.29 is 29.7 Å². The predicted octanol–water partition coefficient (Wildman–Crippen LogP) is 3.06. The Labute approximate surface area is 210 Å². The molecule has 1 amide bonds. The third-order valence-electron chi connectivity index (χ3n) is 7.75. The SMILES string of the molecule is NC(=O)C1=C(O)CC2CC3Cc4c(I)cc(CN5CCCCC5)c(O)c4C(=O)C3=C(O)C2C1=O. The topological polar surface area (TPSA) is 141 Å². The smallest absolute Gasteiger partial charge is 0.255 e. The van der Waals surface area contributed by atoms with E-state index in [0.29, 0.717) is 24.9 Å². The first-order valence-electron chi connectivity index (χ1n) is 11.7. The van der Waals surface area contributed by atoms with Crippen molar-refractivity contribution in [3.63, 3.8) is 0 Å². The van der Waals surface area contributed by atoms with Gasteiger partial charge in [0.15, 0.2) is 11.6 Å². The summed E-state index contributed by atoms with van der Waals surface area (Å²) in [7, 11) is 0. The Balaban J connectivity index is 1.55. The van der Waals surface area contributed by atoms with Gasteiger partial charge in [0.25, 0.3) is 5.91 Å². The van der Waals surface area contributed by atoms with Crippen LogP contribution in [0.5, 0.6) is 5.75 Å². The van der Waals surface area contributed by atoms with E-state index in [1.165, 1.54) is 6.42 Å². The fraction of sp³-hybridized carbons (Fsp3) is 0.480. The minimum atomic E-state index is -1.09. The van der Waals surface area contributed by atoms with Crippen molar-refractivity contribution in [2.45, 2.75) is 45.1 Å². The van der Waals surface area contributed by atoms with E-state index in [2.05, 4.69) is 27.5 Å². The molecule has 0 aromatic heterocycles. The number of likely N-dealkylation sites (tertiary alicyclic amines) is 1. The predicted molar refractivity (Wildman–Crippen MR) is 131 cm³/mol. The first kappa shape index (κ1) is 23.3. The van der Waals surface area contributed by atoms with Crippen molar-refractivity contribution in [2.24, 2.45) is 23.5 Å². The zero-order chi connectivity index (χ0) is 24.3. The zero-order valence-corrected chi connectivity index (χ0v) is 20.8. The molecule has 5 N–H and O–H groups in total. The van der Waals surface area contributed by atoms with Crippen LogP contribution in [0.1, 0.15) is 53.6 Å². The van der Waals surface area contributed by atoms with Crippen molar-refractivity contribution >= 4 is 40.1 Å². The zero-order valence-electron chi connectivity index (χ0n) is 18.6. The van der Waals surface area contributed by atoms with E-state index in [-0.39, 0.29) is 40.7 Å². The van der Waals surface area contributed by atoms with E-state index >= 15 is 0 Å². The van der Waals surface area contributed by atoms with Crippen LogP contribution in [0, 0.1) is 21.3 Å². The van der Waals surface area contributed by atoms with Gasteiger partial charge in [-0.3, -0.25) is 19.3 Å². The van der Waals surface area contributed by atoms with Gasteiger partial charge in [0, 0.05) is 27.7 Å². The monoisotopic (exact) mass is 578 g/mol. The van der Waals surface area contributed by atoms with Crippen LogP contribution in [0.3, 0.4) is 0 Å². The van der Waals surface area contributed by atoms with Crippen LogP contribution in [-0.2, 0) is 22.6 Å². The first-order valence-corrected chi connectivity index (χ1v) is 12.8. The van der Waals surface area contributed by atoms with Gasteiger partial charge in [0.05, 0.1) is 11.5 Å². The highest BCUT2D eigenvalue weighted by Gasteiger charge is 2.50. The Bertz CT molecular complexity index is 1180. The molecule has 9 heteroatoms. The summed E-state index contributed by atoms with van der Waals surface area (Å²) in [4.78, 5) is 40.6. The number of phenols is 1. The number of amides is 1. The van der Waals surface area contributed by atoms with Crippen LogP contribution < -0.4 is 5.73 Å². The largest absolute Gasteiger partial charge is 0.511 e. The Hall–Kier alpha value is -2.40. The molecule has 34 heavy (non-hydrogen) atoms. The summed E-state index contributed by atoms with van der Waals surface area (Å²) >= 11 is 2.20. The van der Waals surface area contributed by atoms with Gasteiger partial charge in [-0.25, -0.2) is 0 Å². The summed E-state index contributed by atoms with van der Waals surface area (Å²) in [5.41, 5.74) is 6.56. The molecule has 5 rings (SSSR count). The lowest BCUT2D eigenvalue weighted by Gasteiger charge is -2.41. The number of piperidine rings is 1. The second-order valence-corrected chi connectivity index (χ2v) is 11.0. The number of aromatic hydroxyl groups is 1. The summed E-state index contributed by atoms with van der Waals surface area (Å²) in [6, 6.07) is 1.94. The van der Waals surface area contributed by atoms with Gasteiger partial charge in [-0.1, -0.05) is 6.42 Å². The van der Waals surface area contributed by atoms with Crippen molar-refractivity contribution in [3.05, 3.63) is 49.0 Å². The number of benzene rings is 1. The molecular weight excluding hydrogens is 551 g/mol. The fourth-order valence-corrected chi connectivity index (χ4v) is 7.06. The van der Waals surface area contributed by atoms with Crippen LogP contribution in [0.4, 0.5) is 0 Å². The molecule has 0 saturated carbocycles. The summed E-state index contributed by atoms with van der Waals surface area (Å²) in [6.07, 6.45) is 4.31. The maximum absolute atomic E-state index is 13.7. The van der Waals surface area contributed by atoms with E-state index in [4.69, 9.17) is 5.73 Å². The van der Waals surface area contributed by atoms with E-state index < -0.39 is 34.9 Å². The summed E-state index contributed by atoms with van der Waals surface area (Å²) in [5, 5.41) is 32.5. The van der Waals surface area contributed by atoms with Crippen LogP contribution in [0.2, 0.25) is 0 Å². The molecule has 0 spiro atoms. The van der Waals surface area contributed by atoms with Crippen molar-refractivity contribution in [3.8, 4) is 5.75 Å². The van der Waals surface area contributed by atoms with E-state index in [1.807, 2.05) is 6.07 Å². The molecule has 1 fully saturated rings. The summed E-state index contributed by atoms with van der Waals surface area (Å²) in [6.45, 7) is 2.44. The van der Waals surface area contributed by atoms with Gasteiger partial charge in [0.2, 0.25) is 0 Å². The lowest BCUT2D eigenvalue weighted by Crippen LogP contribution is -2.43. The number of Topliss-reactive ketones (excluding diaryl/α,β-unsaturated/α-hetero) is 2. The van der Waals surface area contributed by atoms with Crippen LogP contribution in [0.15, 0.2) is 28.7 Å². The van der Waals surface area contributed by atoms with Crippen molar-refractivity contribution in [1.82, 2.24) is 4.90 Å². The van der Waals surface area contributed by atoms with Gasteiger partial charge in [-0.15, -0.1) is 0 Å². The number of rotatable bonds is 3. The molecule has 1 saturated heterocycles. The highest BCUT2D eigenvalue weighted by atomic mass is 127. The quantitative estimate of drug-likeness (QED) is 0.319. The number of primary amides is 1. The molecule has 0 bridgehead atoms. The van der Waals surface area contributed by atoms with Crippen LogP contribution >= 0.6 is 22.6 Å². The lowest BCUT2D eigenvalue weighted by atomic mass is 9.62. The van der Waals surface area contributed by atoms with Gasteiger partial charge in [-0.05, 0) is 84.8 Å². The van der Waals surface area contributed by atoms with Crippen molar-refractivity contribution in [1.29, 1.82) is 0 Å². The Morgan fingerprint density at radius 3 is 2.50 bits per heavy atom. The number of allylic oxidation sites excluding steroid dienone is 3. The number of hydrogen-bond donors (Lipinski definition) is 4. The molecule has 1 aliphatic heterocycles. The molecule has 1 heterocycles. The molecular formula is C25H27IN2O6. The molecule has 1 aromatic carbocycles. The van der Waals surface area contributed by atoms with E-state index in [0.717, 1.165) is 35.1 Å². The second kappa shape index (κ2) is 8.67. The average molecular weight is 578 g/mol. The molecule has 0 radical (unpaired) electrons. The highest BCUT2D eigenvalue weighted by molar-refractivity contribution is 14.1. The molecule has 3 aliphatic carbocycles. The van der Waals surface area contributed by atoms with Crippen LogP contribution in [0.25, 0.3) is 0 Å². The first-order chi connectivity index (χ1) is 16.2. The molecule has 3 unspecified atom stereocenters. The number of nitrogens with zero attached hydrogens (tertiary/aromatic N) is 1. The van der Waals surface area contributed by atoms with Gasteiger partial charge < -0.3 is 21.1 Å². The number of carbonyl (C=O) groups excluding carboxylic acids is 3. The second-order valence-electron chi connectivity index (χ2n) is 9.81. The number of aliphatic hydroxyl groups excluding tert-OH is 2. The van der Waals surface area contributed by atoms with Gasteiger partial charge in [0.1, 0.15) is 22.8 Å². The summed E-state index contributed by atoms with van der Waals surface area (Å²) in [5.74, 6) is -4.88. The number of ketones is 2.